The van der Waals surface area contributed by atoms with Crippen molar-refractivity contribution in [3.8, 4) is 11.6 Å². The molecule has 0 fully saturated rings. The average molecular weight is 389 g/mol. The van der Waals surface area contributed by atoms with Crippen LogP contribution in [0.15, 0.2) is 76.4 Å². The van der Waals surface area contributed by atoms with Crippen LogP contribution in [0.1, 0.15) is 15.9 Å². The van der Waals surface area contributed by atoms with Crippen molar-refractivity contribution in [2.24, 2.45) is 0 Å². The monoisotopic (exact) mass is 389 g/mol. The molecule has 28 heavy (non-hydrogen) atoms. The number of rotatable bonds is 5. The number of carbonyl (C=O) groups is 1. The van der Waals surface area contributed by atoms with Gasteiger partial charge in [-0.15, -0.1) is 11.8 Å². The number of benzene rings is 2. The minimum Gasteiger partial charge on any atom is -0.461 e. The lowest BCUT2D eigenvalue weighted by Crippen LogP contribution is -2.21. The quantitative estimate of drug-likeness (QED) is 0.359. The molecule has 1 amide bonds. The van der Waals surface area contributed by atoms with Crippen LogP contribution in [0.5, 0.6) is 0 Å². The Bertz CT molecular complexity index is 1120. The number of fused-ring (bicyclic) bond motifs is 1. The van der Waals surface area contributed by atoms with Crippen molar-refractivity contribution >= 4 is 28.6 Å². The number of furan rings is 1. The first-order chi connectivity index (χ1) is 13.6. The first-order valence-corrected chi connectivity index (χ1v) is 9.84. The van der Waals surface area contributed by atoms with E-state index < -0.39 is 0 Å². The molecule has 2 aromatic heterocycles. The summed E-state index contributed by atoms with van der Waals surface area (Å²) in [7, 11) is 3.51. The molecule has 0 bridgehead atoms. The predicted molar refractivity (Wildman–Crippen MR) is 111 cm³/mol. The van der Waals surface area contributed by atoms with Crippen LogP contribution < -0.4 is 0 Å². The van der Waals surface area contributed by atoms with Crippen molar-refractivity contribution in [1.82, 2.24) is 14.9 Å². The standard InChI is InChI=1S/C22H19N3O2S/c1-25(2)22(26)16-8-5-7-15(13-16)14-28-21-17-9-3-4-10-18(17)23-20(24-21)19-11-6-12-27-19/h3-13H,14H2,1-2H3. The zero-order valence-corrected chi connectivity index (χ0v) is 16.4. The molecule has 5 nitrogen and oxygen atoms in total. The highest BCUT2D eigenvalue weighted by Gasteiger charge is 2.13. The minimum absolute atomic E-state index is 0.000517. The average Bonchev–Trinajstić information content (AvgIpc) is 3.26. The maximum Gasteiger partial charge on any atom is 0.253 e. The molecule has 0 saturated carbocycles. The molecule has 0 spiro atoms. The van der Waals surface area contributed by atoms with Gasteiger partial charge in [-0.05, 0) is 35.9 Å². The van der Waals surface area contributed by atoms with Crippen molar-refractivity contribution in [3.63, 3.8) is 0 Å². The van der Waals surface area contributed by atoms with Crippen molar-refractivity contribution < 1.29 is 9.21 Å². The summed E-state index contributed by atoms with van der Waals surface area (Å²) in [6.45, 7) is 0. The van der Waals surface area contributed by atoms with Crippen molar-refractivity contribution in [1.29, 1.82) is 0 Å². The van der Waals surface area contributed by atoms with Gasteiger partial charge in [0.2, 0.25) is 0 Å². The molecule has 2 heterocycles. The summed E-state index contributed by atoms with van der Waals surface area (Å²) in [6, 6.07) is 19.3. The lowest BCUT2D eigenvalue weighted by molar-refractivity contribution is 0.0827. The molecule has 140 valence electrons. The lowest BCUT2D eigenvalue weighted by Gasteiger charge is -2.11. The maximum absolute atomic E-state index is 12.2. The van der Waals surface area contributed by atoms with E-state index in [0.29, 0.717) is 22.9 Å². The summed E-state index contributed by atoms with van der Waals surface area (Å²) in [5, 5.41) is 1.89. The molecule has 2 aromatic carbocycles. The van der Waals surface area contributed by atoms with Crippen LogP contribution in [0, 0.1) is 0 Å². The fraction of sp³-hybridized carbons (Fsp3) is 0.136. The Balaban J connectivity index is 1.65. The number of hydrogen-bond donors (Lipinski definition) is 0. The summed E-state index contributed by atoms with van der Waals surface area (Å²) in [6.07, 6.45) is 1.62. The molecule has 0 atom stereocenters. The molecule has 0 aliphatic rings. The van der Waals surface area contributed by atoms with Crippen LogP contribution in [0.2, 0.25) is 0 Å². The summed E-state index contributed by atoms with van der Waals surface area (Å²) >= 11 is 1.63. The smallest absolute Gasteiger partial charge is 0.253 e. The molecular formula is C22H19N3O2S. The first-order valence-electron chi connectivity index (χ1n) is 8.86. The molecule has 0 aliphatic heterocycles. The van der Waals surface area contributed by atoms with Gasteiger partial charge in [0, 0.05) is 30.8 Å². The zero-order valence-electron chi connectivity index (χ0n) is 15.6. The molecule has 0 unspecified atom stereocenters. The number of carbonyl (C=O) groups excluding carboxylic acids is 1. The van der Waals surface area contributed by atoms with Crippen molar-refractivity contribution in [3.05, 3.63) is 78.1 Å². The van der Waals surface area contributed by atoms with Gasteiger partial charge in [-0.25, -0.2) is 9.97 Å². The van der Waals surface area contributed by atoms with Crippen LogP contribution in [0.4, 0.5) is 0 Å². The Morgan fingerprint density at radius 3 is 2.68 bits per heavy atom. The Hall–Kier alpha value is -3.12. The van der Waals surface area contributed by atoms with E-state index >= 15 is 0 Å². The molecule has 6 heteroatoms. The zero-order chi connectivity index (χ0) is 19.5. The van der Waals surface area contributed by atoms with E-state index in [1.54, 1.807) is 37.0 Å². The minimum atomic E-state index is -0.000517. The van der Waals surface area contributed by atoms with Gasteiger partial charge in [0.25, 0.3) is 5.91 Å². The largest absolute Gasteiger partial charge is 0.461 e. The topological polar surface area (TPSA) is 59.2 Å². The van der Waals surface area contributed by atoms with Crippen molar-refractivity contribution in [2.75, 3.05) is 14.1 Å². The normalized spacial score (nSPS) is 10.9. The first kappa shape index (κ1) is 18.3. The predicted octanol–water partition coefficient (Wildman–Crippen LogP) is 4.88. The second-order valence-electron chi connectivity index (χ2n) is 6.54. The van der Waals surface area contributed by atoms with Crippen LogP contribution in [-0.2, 0) is 5.75 Å². The van der Waals surface area contributed by atoms with Gasteiger partial charge in [-0.1, -0.05) is 30.3 Å². The van der Waals surface area contributed by atoms with Crippen LogP contribution >= 0.6 is 11.8 Å². The molecule has 0 radical (unpaired) electrons. The van der Waals surface area contributed by atoms with Crippen LogP contribution in [0.25, 0.3) is 22.5 Å². The van der Waals surface area contributed by atoms with E-state index in [2.05, 4.69) is 4.98 Å². The van der Waals surface area contributed by atoms with Gasteiger partial charge in [0.15, 0.2) is 11.6 Å². The second-order valence-corrected chi connectivity index (χ2v) is 7.50. The van der Waals surface area contributed by atoms with Gasteiger partial charge in [-0.2, -0.15) is 0 Å². The number of amides is 1. The number of hydrogen-bond acceptors (Lipinski definition) is 5. The fourth-order valence-electron chi connectivity index (χ4n) is 2.88. The van der Waals surface area contributed by atoms with E-state index in [0.717, 1.165) is 21.5 Å². The van der Waals surface area contributed by atoms with Crippen molar-refractivity contribution in [2.45, 2.75) is 10.8 Å². The van der Waals surface area contributed by atoms with E-state index in [9.17, 15) is 4.79 Å². The Kier molecular flexibility index (Phi) is 5.12. The third kappa shape index (κ3) is 3.77. The Morgan fingerprint density at radius 1 is 1.04 bits per heavy atom. The molecule has 0 aliphatic carbocycles. The summed E-state index contributed by atoms with van der Waals surface area (Å²) in [4.78, 5) is 23.1. The number of aromatic nitrogens is 2. The molecular weight excluding hydrogens is 370 g/mol. The van der Waals surface area contributed by atoms with E-state index in [4.69, 9.17) is 9.40 Å². The Labute approximate surface area is 167 Å². The fourth-order valence-corrected chi connectivity index (χ4v) is 3.84. The van der Waals surface area contributed by atoms with Gasteiger partial charge in [0.05, 0.1) is 11.8 Å². The maximum atomic E-state index is 12.2. The highest BCUT2D eigenvalue weighted by Crippen LogP contribution is 2.30. The highest BCUT2D eigenvalue weighted by atomic mass is 32.2. The van der Waals surface area contributed by atoms with E-state index in [-0.39, 0.29) is 5.91 Å². The molecule has 4 aromatic rings. The Morgan fingerprint density at radius 2 is 1.89 bits per heavy atom. The molecule has 0 N–H and O–H groups in total. The second kappa shape index (κ2) is 7.86. The van der Waals surface area contributed by atoms with Gasteiger partial charge >= 0.3 is 0 Å². The van der Waals surface area contributed by atoms with E-state index in [1.807, 2.05) is 60.7 Å². The van der Waals surface area contributed by atoms with E-state index in [1.165, 1.54) is 0 Å². The third-order valence-corrected chi connectivity index (χ3v) is 5.33. The SMILES string of the molecule is CN(C)C(=O)c1cccc(CSc2nc(-c3ccco3)nc3ccccc23)c1. The van der Waals surface area contributed by atoms with Crippen LogP contribution in [0.3, 0.4) is 0 Å². The lowest BCUT2D eigenvalue weighted by atomic mass is 10.1. The number of nitrogens with zero attached hydrogens (tertiary/aromatic N) is 3. The number of para-hydroxylation sites is 1. The highest BCUT2D eigenvalue weighted by molar-refractivity contribution is 7.98. The van der Waals surface area contributed by atoms with Gasteiger partial charge in [0.1, 0.15) is 5.03 Å². The summed E-state index contributed by atoms with van der Waals surface area (Å²) in [5.41, 5.74) is 2.63. The van der Waals surface area contributed by atoms with Gasteiger partial charge in [-0.3, -0.25) is 4.79 Å². The number of thioether (sulfide) groups is 1. The molecule has 0 saturated heterocycles. The van der Waals surface area contributed by atoms with Gasteiger partial charge < -0.3 is 9.32 Å². The summed E-state index contributed by atoms with van der Waals surface area (Å²) in [5.74, 6) is 1.92. The summed E-state index contributed by atoms with van der Waals surface area (Å²) < 4.78 is 5.47. The van der Waals surface area contributed by atoms with Crippen LogP contribution in [-0.4, -0.2) is 34.9 Å². The molecule has 4 rings (SSSR count). The third-order valence-electron chi connectivity index (χ3n) is 4.27.